The van der Waals surface area contributed by atoms with E-state index >= 15 is 0 Å². The van der Waals surface area contributed by atoms with Crippen molar-refractivity contribution in [3.8, 4) is 23.1 Å². The van der Waals surface area contributed by atoms with E-state index < -0.39 is 0 Å². The molecule has 0 atom stereocenters. The number of hydrogen-bond donors (Lipinski definition) is 0. The zero-order chi connectivity index (χ0) is 18.1. The highest BCUT2D eigenvalue weighted by atomic mass is 16.5. The SMILES string of the molecule is COc1ccc(Cc2noc(-c3c4c(nn3C)CCOC4)n2)cc1OC. The Labute approximate surface area is 150 Å². The van der Waals surface area contributed by atoms with Crippen LogP contribution in [0.1, 0.15) is 22.6 Å². The monoisotopic (exact) mass is 356 g/mol. The molecule has 0 spiro atoms. The highest BCUT2D eigenvalue weighted by Gasteiger charge is 2.24. The summed E-state index contributed by atoms with van der Waals surface area (Å²) in [6.07, 6.45) is 1.33. The third-order valence-corrected chi connectivity index (χ3v) is 4.44. The Morgan fingerprint density at radius 1 is 1.19 bits per heavy atom. The van der Waals surface area contributed by atoms with Gasteiger partial charge in [0, 0.05) is 25.5 Å². The molecule has 0 N–H and O–H groups in total. The molecule has 3 aromatic rings. The Morgan fingerprint density at radius 2 is 2.04 bits per heavy atom. The smallest absolute Gasteiger partial charge is 0.276 e. The van der Waals surface area contributed by atoms with E-state index in [0.29, 0.717) is 42.8 Å². The number of rotatable bonds is 5. The molecule has 1 aliphatic rings. The van der Waals surface area contributed by atoms with Crippen molar-refractivity contribution in [3.05, 3.63) is 40.8 Å². The first-order valence-corrected chi connectivity index (χ1v) is 8.36. The number of ether oxygens (including phenoxy) is 3. The van der Waals surface area contributed by atoms with E-state index in [4.69, 9.17) is 18.7 Å². The minimum Gasteiger partial charge on any atom is -0.493 e. The Balaban J connectivity index is 1.60. The molecule has 0 bridgehead atoms. The van der Waals surface area contributed by atoms with Crippen LogP contribution in [0.15, 0.2) is 22.7 Å². The molecule has 0 unspecified atom stereocenters. The quantitative estimate of drug-likeness (QED) is 0.692. The van der Waals surface area contributed by atoms with Gasteiger partial charge in [0.15, 0.2) is 17.3 Å². The molecular weight excluding hydrogens is 336 g/mol. The molecular formula is C18H20N4O4. The summed E-state index contributed by atoms with van der Waals surface area (Å²) < 4.78 is 23.4. The van der Waals surface area contributed by atoms with Gasteiger partial charge in [-0.2, -0.15) is 10.1 Å². The summed E-state index contributed by atoms with van der Waals surface area (Å²) >= 11 is 0. The number of nitrogens with zero attached hydrogens (tertiary/aromatic N) is 4. The Morgan fingerprint density at radius 3 is 2.85 bits per heavy atom. The lowest BCUT2D eigenvalue weighted by Gasteiger charge is -2.10. The molecule has 8 nitrogen and oxygen atoms in total. The standard InChI is InChI=1S/C18H20N4O4/c1-22-17(12-10-25-7-6-13(12)20-22)18-19-16(21-26-18)9-11-4-5-14(23-2)15(8-11)24-3/h4-5,8H,6-7,9-10H2,1-3H3. The van der Waals surface area contributed by atoms with Gasteiger partial charge in [-0.05, 0) is 17.7 Å². The van der Waals surface area contributed by atoms with Crippen molar-refractivity contribution in [2.24, 2.45) is 7.05 Å². The molecule has 4 rings (SSSR count). The third-order valence-electron chi connectivity index (χ3n) is 4.44. The molecule has 0 saturated carbocycles. The summed E-state index contributed by atoms with van der Waals surface area (Å²) in [7, 11) is 5.11. The summed E-state index contributed by atoms with van der Waals surface area (Å²) in [5.41, 5.74) is 3.89. The van der Waals surface area contributed by atoms with Crippen molar-refractivity contribution >= 4 is 0 Å². The molecule has 0 radical (unpaired) electrons. The fourth-order valence-electron chi connectivity index (χ4n) is 3.18. The lowest BCUT2D eigenvalue weighted by Crippen LogP contribution is -2.08. The second kappa shape index (κ2) is 6.80. The average Bonchev–Trinajstić information content (AvgIpc) is 3.24. The topological polar surface area (TPSA) is 84.4 Å². The van der Waals surface area contributed by atoms with Gasteiger partial charge in [-0.25, -0.2) is 0 Å². The Kier molecular flexibility index (Phi) is 4.34. The predicted octanol–water partition coefficient (Wildman–Crippen LogP) is 2.15. The summed E-state index contributed by atoms with van der Waals surface area (Å²) in [5.74, 6) is 2.42. The number of fused-ring (bicyclic) bond motifs is 1. The van der Waals surface area contributed by atoms with Crippen LogP contribution in [0.2, 0.25) is 0 Å². The first-order chi connectivity index (χ1) is 12.7. The van der Waals surface area contributed by atoms with Gasteiger partial charge in [0.25, 0.3) is 5.89 Å². The van der Waals surface area contributed by atoms with E-state index in [1.165, 1.54) is 0 Å². The van der Waals surface area contributed by atoms with Gasteiger partial charge in [-0.3, -0.25) is 4.68 Å². The summed E-state index contributed by atoms with van der Waals surface area (Å²) in [6.45, 7) is 1.21. The zero-order valence-electron chi connectivity index (χ0n) is 15.0. The zero-order valence-corrected chi connectivity index (χ0v) is 15.0. The lowest BCUT2D eigenvalue weighted by molar-refractivity contribution is 0.110. The summed E-state index contributed by atoms with van der Waals surface area (Å²) in [4.78, 5) is 4.55. The van der Waals surface area contributed by atoms with Crippen LogP contribution in [-0.4, -0.2) is 40.7 Å². The molecule has 1 aliphatic heterocycles. The van der Waals surface area contributed by atoms with Crippen LogP contribution in [-0.2, 0) is 31.2 Å². The van der Waals surface area contributed by atoms with Crippen LogP contribution in [0.4, 0.5) is 0 Å². The lowest BCUT2D eigenvalue weighted by atomic mass is 10.1. The van der Waals surface area contributed by atoms with Crippen molar-refractivity contribution in [1.29, 1.82) is 0 Å². The molecule has 0 aliphatic carbocycles. The Hall–Kier alpha value is -2.87. The second-order valence-electron chi connectivity index (χ2n) is 6.08. The normalized spacial score (nSPS) is 13.5. The molecule has 0 fully saturated rings. The van der Waals surface area contributed by atoms with Crippen molar-refractivity contribution in [2.75, 3.05) is 20.8 Å². The van der Waals surface area contributed by atoms with Crippen LogP contribution >= 0.6 is 0 Å². The minimum absolute atomic E-state index is 0.460. The van der Waals surface area contributed by atoms with Gasteiger partial charge in [0.2, 0.25) is 0 Å². The van der Waals surface area contributed by atoms with Gasteiger partial charge in [-0.1, -0.05) is 11.2 Å². The van der Waals surface area contributed by atoms with Crippen molar-refractivity contribution < 1.29 is 18.7 Å². The van der Waals surface area contributed by atoms with Crippen LogP contribution in [0.25, 0.3) is 11.6 Å². The largest absolute Gasteiger partial charge is 0.493 e. The van der Waals surface area contributed by atoms with E-state index in [1.54, 1.807) is 18.9 Å². The molecule has 1 aromatic carbocycles. The molecule has 0 saturated heterocycles. The fraction of sp³-hybridized carbons (Fsp3) is 0.389. The molecule has 3 heterocycles. The van der Waals surface area contributed by atoms with Gasteiger partial charge >= 0.3 is 0 Å². The maximum absolute atomic E-state index is 5.55. The van der Waals surface area contributed by atoms with Crippen LogP contribution in [0.3, 0.4) is 0 Å². The molecule has 2 aromatic heterocycles. The van der Waals surface area contributed by atoms with Crippen molar-refractivity contribution in [2.45, 2.75) is 19.4 Å². The number of benzene rings is 1. The molecule has 8 heteroatoms. The number of aryl methyl sites for hydroxylation is 1. The van der Waals surface area contributed by atoms with Crippen LogP contribution < -0.4 is 9.47 Å². The van der Waals surface area contributed by atoms with E-state index in [-0.39, 0.29) is 0 Å². The average molecular weight is 356 g/mol. The highest BCUT2D eigenvalue weighted by molar-refractivity contribution is 5.55. The van der Waals surface area contributed by atoms with E-state index in [9.17, 15) is 0 Å². The van der Waals surface area contributed by atoms with Gasteiger partial charge in [0.1, 0.15) is 5.69 Å². The second-order valence-corrected chi connectivity index (χ2v) is 6.08. The number of hydrogen-bond acceptors (Lipinski definition) is 7. The molecule has 136 valence electrons. The van der Waals surface area contributed by atoms with Crippen LogP contribution in [0, 0.1) is 0 Å². The van der Waals surface area contributed by atoms with Gasteiger partial charge < -0.3 is 18.7 Å². The summed E-state index contributed by atoms with van der Waals surface area (Å²) in [5, 5.41) is 8.66. The first kappa shape index (κ1) is 16.6. The Bertz CT molecular complexity index is 931. The number of aromatic nitrogens is 4. The van der Waals surface area contributed by atoms with E-state index in [2.05, 4.69) is 15.2 Å². The van der Waals surface area contributed by atoms with Gasteiger partial charge in [-0.15, -0.1) is 0 Å². The minimum atomic E-state index is 0.460. The third kappa shape index (κ3) is 2.92. The van der Waals surface area contributed by atoms with Crippen LogP contribution in [0.5, 0.6) is 11.5 Å². The fourth-order valence-corrected chi connectivity index (χ4v) is 3.18. The van der Waals surface area contributed by atoms with Gasteiger partial charge in [0.05, 0.1) is 33.1 Å². The number of methoxy groups -OCH3 is 2. The van der Waals surface area contributed by atoms with E-state index in [0.717, 1.165) is 28.9 Å². The predicted molar refractivity (Wildman–Crippen MR) is 92.2 cm³/mol. The van der Waals surface area contributed by atoms with Crippen molar-refractivity contribution in [3.63, 3.8) is 0 Å². The molecule has 0 amide bonds. The highest BCUT2D eigenvalue weighted by Crippen LogP contribution is 2.30. The maximum Gasteiger partial charge on any atom is 0.276 e. The van der Waals surface area contributed by atoms with E-state index in [1.807, 2.05) is 25.2 Å². The first-order valence-electron chi connectivity index (χ1n) is 8.36. The molecule has 26 heavy (non-hydrogen) atoms. The van der Waals surface area contributed by atoms with Crippen molar-refractivity contribution in [1.82, 2.24) is 19.9 Å². The maximum atomic E-state index is 5.55. The summed E-state index contributed by atoms with van der Waals surface area (Å²) in [6, 6.07) is 5.73.